The molecule has 0 aromatic heterocycles. The molecule has 1 saturated heterocycles. The van der Waals surface area contributed by atoms with Crippen molar-refractivity contribution in [1.29, 1.82) is 5.26 Å². The summed E-state index contributed by atoms with van der Waals surface area (Å²) in [7, 11) is 0. The van der Waals surface area contributed by atoms with Crippen LogP contribution in [0.3, 0.4) is 0 Å². The van der Waals surface area contributed by atoms with Crippen molar-refractivity contribution in [3.8, 4) is 17.6 Å². The summed E-state index contributed by atoms with van der Waals surface area (Å²) in [4.78, 5) is 14.7. The molecule has 4 rings (SSSR count). The van der Waals surface area contributed by atoms with E-state index in [0.717, 1.165) is 11.3 Å². The van der Waals surface area contributed by atoms with Crippen LogP contribution in [0.25, 0.3) is 0 Å². The Labute approximate surface area is 192 Å². The highest BCUT2D eigenvalue weighted by atomic mass is 32.2. The summed E-state index contributed by atoms with van der Waals surface area (Å²) >= 11 is 1.35. The van der Waals surface area contributed by atoms with E-state index in [1.165, 1.54) is 16.7 Å². The number of nitriles is 1. The van der Waals surface area contributed by atoms with E-state index in [1.807, 2.05) is 45.0 Å². The normalized spacial score (nSPS) is 22.7. The van der Waals surface area contributed by atoms with Crippen molar-refractivity contribution >= 4 is 17.7 Å². The summed E-state index contributed by atoms with van der Waals surface area (Å²) in [6.07, 6.45) is 0.189. The first-order chi connectivity index (χ1) is 15.4. The van der Waals surface area contributed by atoms with Gasteiger partial charge in [0, 0.05) is 17.9 Å². The predicted octanol–water partition coefficient (Wildman–Crippen LogP) is 4.52. The van der Waals surface area contributed by atoms with Gasteiger partial charge < -0.3 is 14.6 Å². The highest BCUT2D eigenvalue weighted by Crippen LogP contribution is 2.51. The van der Waals surface area contributed by atoms with Crippen LogP contribution in [0.1, 0.15) is 44.2 Å². The molecule has 2 aromatic carbocycles. The minimum atomic E-state index is -1.50. The molecule has 2 heterocycles. The maximum absolute atomic E-state index is 13.3. The number of thioether (sulfide) groups is 1. The lowest BCUT2D eigenvalue weighted by molar-refractivity contribution is -0.149. The van der Waals surface area contributed by atoms with Gasteiger partial charge in [0.25, 0.3) is 0 Å². The summed E-state index contributed by atoms with van der Waals surface area (Å²) < 4.78 is 11.2. The first kappa shape index (κ1) is 22.3. The molecule has 0 saturated carbocycles. The van der Waals surface area contributed by atoms with Gasteiger partial charge in [-0.1, -0.05) is 24.3 Å². The van der Waals surface area contributed by atoms with Gasteiger partial charge in [-0.2, -0.15) is 5.26 Å². The molecule has 2 aliphatic heterocycles. The molecule has 7 heteroatoms. The van der Waals surface area contributed by atoms with Gasteiger partial charge in [0.05, 0.1) is 35.1 Å². The zero-order valence-corrected chi connectivity index (χ0v) is 19.2. The molecule has 2 aliphatic rings. The predicted molar refractivity (Wildman–Crippen MR) is 123 cm³/mol. The average molecular weight is 451 g/mol. The Morgan fingerprint density at radius 2 is 1.84 bits per heavy atom. The monoisotopic (exact) mass is 450 g/mol. The Morgan fingerprint density at radius 3 is 2.44 bits per heavy atom. The molecular formula is C25H26N2O4S. The zero-order valence-electron chi connectivity index (χ0n) is 18.4. The van der Waals surface area contributed by atoms with Crippen molar-refractivity contribution in [2.75, 3.05) is 12.4 Å². The van der Waals surface area contributed by atoms with Crippen LogP contribution in [-0.4, -0.2) is 34.4 Å². The van der Waals surface area contributed by atoms with E-state index >= 15 is 0 Å². The van der Waals surface area contributed by atoms with Crippen LogP contribution < -0.4 is 9.47 Å². The zero-order chi connectivity index (χ0) is 22.9. The van der Waals surface area contributed by atoms with Gasteiger partial charge in [0.15, 0.2) is 5.72 Å². The number of aliphatic hydroxyl groups is 1. The van der Waals surface area contributed by atoms with Crippen LogP contribution >= 0.6 is 11.8 Å². The summed E-state index contributed by atoms with van der Waals surface area (Å²) in [6, 6.07) is 17.0. The maximum atomic E-state index is 13.3. The van der Waals surface area contributed by atoms with E-state index in [0.29, 0.717) is 28.5 Å². The van der Waals surface area contributed by atoms with Crippen molar-refractivity contribution in [3.05, 3.63) is 70.3 Å². The Hall–Kier alpha value is -2.95. The van der Waals surface area contributed by atoms with Gasteiger partial charge in [0.2, 0.25) is 5.91 Å². The summed E-state index contributed by atoms with van der Waals surface area (Å²) in [5.74, 6) is 1.17. The number of fused-ring (bicyclic) bond motifs is 1. The minimum absolute atomic E-state index is 0.0672. The number of rotatable bonds is 6. The fourth-order valence-corrected chi connectivity index (χ4v) is 5.52. The number of amides is 1. The van der Waals surface area contributed by atoms with Crippen molar-refractivity contribution in [2.45, 2.75) is 44.9 Å². The molecular weight excluding hydrogens is 424 g/mol. The standard InChI is InChI=1S/C25H26N2O4S/c1-4-30-19-11-7-18(8-12-19)25(29)15-32-24-22(14-26)21(13-23(28)27(24)25)17-5-9-20(10-6-17)31-16(2)3/h5-12,16,21,29H,4,13,15H2,1-3H3/t21-,25-/m0/s1. The number of hydrogen-bond donors (Lipinski definition) is 1. The SMILES string of the molecule is CCOc1ccc([C@@]2(O)CSC3=C(C#N)[C@H](c4ccc(OC(C)C)cc4)CC(=O)N32)cc1. The van der Waals surface area contributed by atoms with Crippen molar-refractivity contribution in [2.24, 2.45) is 0 Å². The maximum Gasteiger partial charge on any atom is 0.231 e. The average Bonchev–Trinajstić information content (AvgIpc) is 3.14. The topological polar surface area (TPSA) is 82.8 Å². The number of ether oxygens (including phenoxy) is 2. The van der Waals surface area contributed by atoms with Crippen LogP contribution in [0.4, 0.5) is 0 Å². The van der Waals surface area contributed by atoms with Gasteiger partial charge >= 0.3 is 0 Å². The van der Waals surface area contributed by atoms with E-state index in [1.54, 1.807) is 24.3 Å². The second-order valence-electron chi connectivity index (χ2n) is 8.11. The Balaban J connectivity index is 1.67. The highest BCUT2D eigenvalue weighted by Gasteiger charge is 2.51. The minimum Gasteiger partial charge on any atom is -0.494 e. The van der Waals surface area contributed by atoms with Crippen LogP contribution in [0.2, 0.25) is 0 Å². The van der Waals surface area contributed by atoms with E-state index in [2.05, 4.69) is 6.07 Å². The van der Waals surface area contributed by atoms with Crippen molar-refractivity contribution in [1.82, 2.24) is 4.90 Å². The molecule has 1 N–H and O–H groups in total. The Bertz CT molecular complexity index is 1070. The summed E-state index contributed by atoms with van der Waals surface area (Å²) in [6.45, 7) is 6.38. The lowest BCUT2D eigenvalue weighted by Crippen LogP contribution is -2.48. The molecule has 0 unspecified atom stereocenters. The van der Waals surface area contributed by atoms with Crippen LogP contribution in [0.15, 0.2) is 59.1 Å². The molecule has 0 radical (unpaired) electrons. The molecule has 6 nitrogen and oxygen atoms in total. The number of allylic oxidation sites excluding steroid dienone is 1. The van der Waals surface area contributed by atoms with E-state index in [-0.39, 0.29) is 30.1 Å². The Kier molecular flexibility index (Phi) is 6.18. The number of carbonyl (C=O) groups excluding carboxylic acids is 1. The van der Waals surface area contributed by atoms with Crippen molar-refractivity contribution in [3.63, 3.8) is 0 Å². The molecule has 2 atom stereocenters. The molecule has 1 amide bonds. The second kappa shape index (κ2) is 8.89. The molecule has 32 heavy (non-hydrogen) atoms. The van der Waals surface area contributed by atoms with Gasteiger partial charge in [-0.25, -0.2) is 0 Å². The lowest BCUT2D eigenvalue weighted by atomic mass is 9.85. The van der Waals surface area contributed by atoms with E-state index in [4.69, 9.17) is 9.47 Å². The number of hydrogen-bond acceptors (Lipinski definition) is 6. The number of nitrogens with zero attached hydrogens (tertiary/aromatic N) is 2. The molecule has 0 spiro atoms. The number of carbonyl (C=O) groups is 1. The van der Waals surface area contributed by atoms with E-state index < -0.39 is 5.72 Å². The molecule has 1 fully saturated rings. The third-order valence-corrected chi connectivity index (χ3v) is 6.82. The summed E-state index contributed by atoms with van der Waals surface area (Å²) in [5.41, 5.74) is 0.496. The van der Waals surface area contributed by atoms with Crippen LogP contribution in [0, 0.1) is 11.3 Å². The third-order valence-electron chi connectivity index (χ3n) is 5.59. The fraction of sp³-hybridized carbons (Fsp3) is 0.360. The van der Waals surface area contributed by atoms with Crippen LogP contribution in [0.5, 0.6) is 11.5 Å². The molecule has 166 valence electrons. The van der Waals surface area contributed by atoms with Gasteiger partial charge in [0.1, 0.15) is 11.5 Å². The van der Waals surface area contributed by atoms with Gasteiger partial charge in [-0.15, -0.1) is 11.8 Å². The molecule has 0 bridgehead atoms. The Morgan fingerprint density at radius 1 is 1.19 bits per heavy atom. The third kappa shape index (κ3) is 3.96. The molecule has 0 aliphatic carbocycles. The first-order valence-corrected chi connectivity index (χ1v) is 11.7. The smallest absolute Gasteiger partial charge is 0.231 e. The first-order valence-electron chi connectivity index (χ1n) is 10.7. The second-order valence-corrected chi connectivity index (χ2v) is 9.08. The van der Waals surface area contributed by atoms with Crippen molar-refractivity contribution < 1.29 is 19.4 Å². The van der Waals surface area contributed by atoms with E-state index in [9.17, 15) is 15.2 Å². The summed E-state index contributed by atoms with van der Waals surface area (Å²) in [5, 5.41) is 22.0. The quantitative estimate of drug-likeness (QED) is 0.697. The van der Waals surface area contributed by atoms with Gasteiger partial charge in [-0.3, -0.25) is 9.69 Å². The van der Waals surface area contributed by atoms with Crippen LogP contribution in [-0.2, 0) is 10.5 Å². The number of benzene rings is 2. The fourth-order valence-electron chi connectivity index (χ4n) is 4.16. The largest absolute Gasteiger partial charge is 0.494 e. The highest BCUT2D eigenvalue weighted by molar-refractivity contribution is 8.03. The molecule has 2 aromatic rings. The lowest BCUT2D eigenvalue weighted by Gasteiger charge is -2.38. The van der Waals surface area contributed by atoms with Gasteiger partial charge in [-0.05, 0) is 50.6 Å².